The number of hydrogen-bond acceptors (Lipinski definition) is 4. The number of benzene rings is 1. The quantitative estimate of drug-likeness (QED) is 0.475. The van der Waals surface area contributed by atoms with Crippen LogP contribution in [0.25, 0.3) is 0 Å². The first-order chi connectivity index (χ1) is 11.1. The first-order valence-corrected chi connectivity index (χ1v) is 7.57. The van der Waals surface area contributed by atoms with Crippen molar-refractivity contribution in [1.82, 2.24) is 5.32 Å². The number of nitrogens with zero attached hydrogens (tertiary/aromatic N) is 1. The number of carbonyl (C=O) groups excluding carboxylic acids is 1. The summed E-state index contributed by atoms with van der Waals surface area (Å²) in [7, 11) is 0. The fourth-order valence-electron chi connectivity index (χ4n) is 2.44. The van der Waals surface area contributed by atoms with E-state index in [4.69, 9.17) is 4.74 Å². The normalized spacial score (nSPS) is 14.0. The van der Waals surface area contributed by atoms with Gasteiger partial charge in [0, 0.05) is 18.7 Å². The second kappa shape index (κ2) is 8.26. The number of halogens is 1. The molecule has 1 aliphatic rings. The van der Waals surface area contributed by atoms with Crippen LogP contribution < -0.4 is 10.1 Å². The van der Waals surface area contributed by atoms with Gasteiger partial charge < -0.3 is 10.1 Å². The molecule has 0 aromatic heterocycles. The Morgan fingerprint density at radius 1 is 1.39 bits per heavy atom. The molecular formula is C16H19FN2O4. The van der Waals surface area contributed by atoms with Crippen LogP contribution in [0.2, 0.25) is 0 Å². The SMILES string of the molecule is O=C(COc1cc(F)ccc1[N+](=O)[O-])NCCC1=CCCCC1. The number of allylic oxidation sites excluding steroid dienone is 1. The zero-order chi connectivity index (χ0) is 16.7. The maximum absolute atomic E-state index is 13.1. The molecule has 0 saturated heterocycles. The third-order valence-corrected chi connectivity index (χ3v) is 3.63. The average Bonchev–Trinajstić information content (AvgIpc) is 2.53. The van der Waals surface area contributed by atoms with Crippen LogP contribution in [-0.2, 0) is 4.79 Å². The van der Waals surface area contributed by atoms with Gasteiger partial charge in [0.05, 0.1) is 4.92 Å². The number of carbonyl (C=O) groups is 1. The van der Waals surface area contributed by atoms with Crippen LogP contribution >= 0.6 is 0 Å². The fraction of sp³-hybridized carbons (Fsp3) is 0.438. The molecule has 0 unspecified atom stereocenters. The summed E-state index contributed by atoms with van der Waals surface area (Å²) in [5.41, 5.74) is 0.977. The monoisotopic (exact) mass is 322 g/mol. The molecule has 0 spiro atoms. The molecule has 1 amide bonds. The summed E-state index contributed by atoms with van der Waals surface area (Å²) in [6.45, 7) is 0.114. The zero-order valence-electron chi connectivity index (χ0n) is 12.7. The van der Waals surface area contributed by atoms with E-state index in [-0.39, 0.29) is 24.0 Å². The highest BCUT2D eigenvalue weighted by atomic mass is 19.1. The van der Waals surface area contributed by atoms with Crippen LogP contribution in [0.15, 0.2) is 29.8 Å². The lowest BCUT2D eigenvalue weighted by atomic mass is 9.97. The molecule has 1 aliphatic carbocycles. The van der Waals surface area contributed by atoms with E-state index in [1.807, 2.05) is 0 Å². The van der Waals surface area contributed by atoms with E-state index >= 15 is 0 Å². The molecule has 0 radical (unpaired) electrons. The van der Waals surface area contributed by atoms with E-state index in [9.17, 15) is 19.3 Å². The minimum atomic E-state index is -0.678. The van der Waals surface area contributed by atoms with Crippen LogP contribution in [0.4, 0.5) is 10.1 Å². The molecule has 0 heterocycles. The lowest BCUT2D eigenvalue weighted by Crippen LogP contribution is -2.30. The van der Waals surface area contributed by atoms with Crippen molar-refractivity contribution in [2.75, 3.05) is 13.2 Å². The van der Waals surface area contributed by atoms with Crippen LogP contribution in [0.3, 0.4) is 0 Å². The fourth-order valence-corrected chi connectivity index (χ4v) is 2.44. The maximum atomic E-state index is 13.1. The van der Waals surface area contributed by atoms with Gasteiger partial charge in [-0.15, -0.1) is 0 Å². The van der Waals surface area contributed by atoms with Gasteiger partial charge in [0.2, 0.25) is 5.75 Å². The van der Waals surface area contributed by atoms with E-state index in [0.717, 1.165) is 37.5 Å². The molecule has 124 valence electrons. The lowest BCUT2D eigenvalue weighted by molar-refractivity contribution is -0.385. The number of rotatable bonds is 7. The Morgan fingerprint density at radius 3 is 2.91 bits per heavy atom. The standard InChI is InChI=1S/C16H19FN2O4/c17-13-6-7-14(19(21)22)15(10-13)23-11-16(20)18-9-8-12-4-2-1-3-5-12/h4,6-7,10H,1-3,5,8-9,11H2,(H,18,20). The molecule has 0 bridgehead atoms. The third kappa shape index (κ3) is 5.36. The van der Waals surface area contributed by atoms with Gasteiger partial charge in [0.25, 0.3) is 5.91 Å². The van der Waals surface area contributed by atoms with Crippen molar-refractivity contribution < 1.29 is 18.8 Å². The van der Waals surface area contributed by atoms with E-state index in [1.54, 1.807) is 0 Å². The predicted octanol–water partition coefficient (Wildman–Crippen LogP) is 3.12. The summed E-state index contributed by atoms with van der Waals surface area (Å²) in [6.07, 6.45) is 7.58. The van der Waals surface area contributed by atoms with Crippen LogP contribution in [0.5, 0.6) is 5.75 Å². The Hall–Kier alpha value is -2.44. The Balaban J connectivity index is 1.79. The van der Waals surface area contributed by atoms with Crippen molar-refractivity contribution in [2.24, 2.45) is 0 Å². The Labute approximate surface area is 133 Å². The molecule has 1 aromatic carbocycles. The van der Waals surface area contributed by atoms with Gasteiger partial charge in [-0.25, -0.2) is 4.39 Å². The van der Waals surface area contributed by atoms with Crippen LogP contribution in [0, 0.1) is 15.9 Å². The molecule has 0 saturated carbocycles. The van der Waals surface area contributed by atoms with Crippen LogP contribution in [0.1, 0.15) is 32.1 Å². The number of amides is 1. The highest BCUT2D eigenvalue weighted by Gasteiger charge is 2.17. The summed E-state index contributed by atoms with van der Waals surface area (Å²) in [5.74, 6) is -1.30. The van der Waals surface area contributed by atoms with Crippen LogP contribution in [-0.4, -0.2) is 24.0 Å². The topological polar surface area (TPSA) is 81.5 Å². The van der Waals surface area contributed by atoms with Crippen molar-refractivity contribution in [3.8, 4) is 5.75 Å². The van der Waals surface area contributed by atoms with Crippen molar-refractivity contribution in [3.63, 3.8) is 0 Å². The minimum Gasteiger partial charge on any atom is -0.477 e. The number of nitro benzene ring substituents is 1. The van der Waals surface area contributed by atoms with E-state index in [1.165, 1.54) is 18.4 Å². The van der Waals surface area contributed by atoms with Gasteiger partial charge in [-0.05, 0) is 38.2 Å². The largest absolute Gasteiger partial charge is 0.477 e. The van der Waals surface area contributed by atoms with E-state index in [2.05, 4.69) is 11.4 Å². The summed E-state index contributed by atoms with van der Waals surface area (Å²) in [4.78, 5) is 21.8. The van der Waals surface area contributed by atoms with Gasteiger partial charge in [0.15, 0.2) is 6.61 Å². The minimum absolute atomic E-state index is 0.250. The second-order valence-corrected chi connectivity index (χ2v) is 5.37. The van der Waals surface area contributed by atoms with Crippen molar-refractivity contribution >= 4 is 11.6 Å². The molecule has 0 aliphatic heterocycles. The zero-order valence-corrected chi connectivity index (χ0v) is 12.7. The lowest BCUT2D eigenvalue weighted by Gasteiger charge is -2.13. The molecule has 0 fully saturated rings. The number of ether oxygens (including phenoxy) is 1. The first-order valence-electron chi connectivity index (χ1n) is 7.57. The average molecular weight is 322 g/mol. The molecule has 1 N–H and O–H groups in total. The summed E-state index contributed by atoms with van der Waals surface area (Å²) in [6, 6.07) is 2.89. The van der Waals surface area contributed by atoms with E-state index < -0.39 is 10.7 Å². The molecule has 1 aromatic rings. The van der Waals surface area contributed by atoms with E-state index in [0.29, 0.717) is 6.54 Å². The second-order valence-electron chi connectivity index (χ2n) is 5.37. The molecule has 23 heavy (non-hydrogen) atoms. The third-order valence-electron chi connectivity index (χ3n) is 3.63. The molecular weight excluding hydrogens is 303 g/mol. The molecule has 6 nitrogen and oxygen atoms in total. The Bertz CT molecular complexity index is 616. The molecule has 7 heteroatoms. The van der Waals surface area contributed by atoms with Crippen molar-refractivity contribution in [2.45, 2.75) is 32.1 Å². The Kier molecular flexibility index (Phi) is 6.08. The highest BCUT2D eigenvalue weighted by molar-refractivity contribution is 5.77. The van der Waals surface area contributed by atoms with Crippen molar-refractivity contribution in [1.29, 1.82) is 0 Å². The van der Waals surface area contributed by atoms with Gasteiger partial charge in [-0.3, -0.25) is 14.9 Å². The Morgan fingerprint density at radius 2 is 2.22 bits per heavy atom. The van der Waals surface area contributed by atoms with Gasteiger partial charge in [-0.2, -0.15) is 0 Å². The van der Waals surface area contributed by atoms with Gasteiger partial charge in [-0.1, -0.05) is 11.6 Å². The first kappa shape index (κ1) is 16.9. The summed E-state index contributed by atoms with van der Waals surface area (Å²) in [5, 5.41) is 13.5. The summed E-state index contributed by atoms with van der Waals surface area (Å²) < 4.78 is 18.2. The number of nitrogens with one attached hydrogen (secondary N) is 1. The molecule has 2 rings (SSSR count). The van der Waals surface area contributed by atoms with Gasteiger partial charge in [0.1, 0.15) is 5.82 Å². The molecule has 0 atom stereocenters. The number of hydrogen-bond donors (Lipinski definition) is 1. The maximum Gasteiger partial charge on any atom is 0.311 e. The summed E-state index contributed by atoms with van der Waals surface area (Å²) >= 11 is 0. The number of nitro groups is 1. The van der Waals surface area contributed by atoms with Gasteiger partial charge >= 0.3 is 5.69 Å². The predicted molar refractivity (Wildman–Crippen MR) is 82.7 cm³/mol. The highest BCUT2D eigenvalue weighted by Crippen LogP contribution is 2.27. The smallest absolute Gasteiger partial charge is 0.311 e. The van der Waals surface area contributed by atoms with Crippen molar-refractivity contribution in [3.05, 3.63) is 45.8 Å².